The van der Waals surface area contributed by atoms with E-state index in [-0.39, 0.29) is 24.5 Å². The summed E-state index contributed by atoms with van der Waals surface area (Å²) >= 11 is 1.77. The standard InChI is InChI=1S/C18H21NO2S/c20-11-13-8-9-15(10-13)19-18(21)7-3-4-14-12-22-17-6-2-1-5-16(14)17/h1-2,5-6,8-9,12-13,15,20H,3-4,7,10-11H2,(H,19,21)/t13-,15+/m0/s1. The van der Waals surface area contributed by atoms with Crippen LogP contribution in [0.5, 0.6) is 0 Å². The van der Waals surface area contributed by atoms with Crippen molar-refractivity contribution in [1.29, 1.82) is 0 Å². The quantitative estimate of drug-likeness (QED) is 0.804. The van der Waals surface area contributed by atoms with E-state index in [0.717, 1.165) is 19.3 Å². The molecule has 2 atom stereocenters. The SMILES string of the molecule is O=C(CCCc1csc2ccccc12)N[C@@H]1C=C[C@H](CO)C1. The van der Waals surface area contributed by atoms with Gasteiger partial charge >= 0.3 is 0 Å². The Bertz CT molecular complexity index is 677. The molecule has 0 radical (unpaired) electrons. The number of thiophene rings is 1. The number of aliphatic hydroxyl groups excluding tert-OH is 1. The van der Waals surface area contributed by atoms with E-state index in [1.54, 1.807) is 11.3 Å². The highest BCUT2D eigenvalue weighted by atomic mass is 32.1. The molecule has 0 bridgehead atoms. The minimum absolute atomic E-state index is 0.0895. The van der Waals surface area contributed by atoms with E-state index in [1.807, 2.05) is 12.2 Å². The number of benzene rings is 1. The first-order chi connectivity index (χ1) is 10.8. The van der Waals surface area contributed by atoms with Gasteiger partial charge in [-0.15, -0.1) is 11.3 Å². The molecule has 0 fully saturated rings. The van der Waals surface area contributed by atoms with Crippen LogP contribution in [0.25, 0.3) is 10.1 Å². The largest absolute Gasteiger partial charge is 0.396 e. The summed E-state index contributed by atoms with van der Waals surface area (Å²) in [5, 5.41) is 15.6. The molecule has 1 heterocycles. The third kappa shape index (κ3) is 3.57. The Labute approximate surface area is 134 Å². The highest BCUT2D eigenvalue weighted by Gasteiger charge is 2.19. The molecule has 1 amide bonds. The van der Waals surface area contributed by atoms with Crippen molar-refractivity contribution >= 4 is 27.3 Å². The molecular formula is C18H21NO2S. The van der Waals surface area contributed by atoms with Crippen LogP contribution < -0.4 is 5.32 Å². The van der Waals surface area contributed by atoms with Gasteiger partial charge in [-0.3, -0.25) is 4.79 Å². The Balaban J connectivity index is 1.45. The lowest BCUT2D eigenvalue weighted by Gasteiger charge is -2.12. The summed E-state index contributed by atoms with van der Waals surface area (Å²) in [6.07, 6.45) is 7.16. The summed E-state index contributed by atoms with van der Waals surface area (Å²) in [6, 6.07) is 8.51. The van der Waals surface area contributed by atoms with Crippen molar-refractivity contribution < 1.29 is 9.90 Å². The van der Waals surface area contributed by atoms with Crippen molar-refractivity contribution in [3.05, 3.63) is 47.4 Å². The van der Waals surface area contributed by atoms with Gasteiger partial charge in [-0.2, -0.15) is 0 Å². The molecule has 3 nitrogen and oxygen atoms in total. The normalized spacial score (nSPS) is 20.6. The Morgan fingerprint density at radius 3 is 3.00 bits per heavy atom. The molecule has 1 aliphatic carbocycles. The molecule has 1 aliphatic rings. The summed E-state index contributed by atoms with van der Waals surface area (Å²) in [5.41, 5.74) is 1.34. The molecule has 3 rings (SSSR count). The molecule has 0 unspecified atom stereocenters. The summed E-state index contributed by atoms with van der Waals surface area (Å²) in [4.78, 5) is 12.0. The number of carbonyl (C=O) groups excluding carboxylic acids is 1. The summed E-state index contributed by atoms with van der Waals surface area (Å²) < 4.78 is 1.31. The maximum absolute atomic E-state index is 12.0. The molecule has 22 heavy (non-hydrogen) atoms. The van der Waals surface area contributed by atoms with Gasteiger partial charge in [-0.25, -0.2) is 0 Å². The highest BCUT2D eigenvalue weighted by Crippen LogP contribution is 2.26. The van der Waals surface area contributed by atoms with E-state index in [1.165, 1.54) is 15.6 Å². The minimum Gasteiger partial charge on any atom is -0.396 e. The third-order valence-corrected chi connectivity index (χ3v) is 5.18. The zero-order valence-corrected chi connectivity index (χ0v) is 13.3. The number of hydrogen-bond acceptors (Lipinski definition) is 3. The van der Waals surface area contributed by atoms with Gasteiger partial charge in [0.25, 0.3) is 0 Å². The lowest BCUT2D eigenvalue weighted by Crippen LogP contribution is -2.32. The predicted octanol–water partition coefficient (Wildman–Crippen LogP) is 3.28. The Kier molecular flexibility index (Phi) is 4.90. The molecule has 1 aromatic heterocycles. The van der Waals surface area contributed by atoms with Gasteiger partial charge in [0.1, 0.15) is 0 Å². The minimum atomic E-state index is 0.0895. The number of aliphatic hydroxyl groups is 1. The van der Waals surface area contributed by atoms with Crippen LogP contribution >= 0.6 is 11.3 Å². The fourth-order valence-corrected chi connectivity index (χ4v) is 3.96. The second kappa shape index (κ2) is 7.07. The van der Waals surface area contributed by atoms with Crippen LogP contribution in [0.3, 0.4) is 0 Å². The van der Waals surface area contributed by atoms with Crippen LogP contribution in [0.15, 0.2) is 41.8 Å². The summed E-state index contributed by atoms with van der Waals surface area (Å²) in [5.74, 6) is 0.301. The Hall–Kier alpha value is -1.65. The number of nitrogens with one attached hydrogen (secondary N) is 1. The first-order valence-corrected chi connectivity index (χ1v) is 8.68. The fraction of sp³-hybridized carbons (Fsp3) is 0.389. The van der Waals surface area contributed by atoms with Crippen molar-refractivity contribution in [3.63, 3.8) is 0 Å². The molecule has 2 aromatic rings. The van der Waals surface area contributed by atoms with Gasteiger partial charge < -0.3 is 10.4 Å². The van der Waals surface area contributed by atoms with Crippen LogP contribution in [-0.2, 0) is 11.2 Å². The van der Waals surface area contributed by atoms with Gasteiger partial charge in [0.05, 0.1) is 0 Å². The van der Waals surface area contributed by atoms with E-state index in [4.69, 9.17) is 5.11 Å². The monoisotopic (exact) mass is 315 g/mol. The van der Waals surface area contributed by atoms with Crippen LogP contribution in [0, 0.1) is 5.92 Å². The lowest BCUT2D eigenvalue weighted by atomic mass is 10.1. The molecule has 2 N–H and O–H groups in total. The topological polar surface area (TPSA) is 49.3 Å². The van der Waals surface area contributed by atoms with E-state index in [0.29, 0.717) is 6.42 Å². The van der Waals surface area contributed by atoms with Crippen molar-refractivity contribution in [2.45, 2.75) is 31.7 Å². The van der Waals surface area contributed by atoms with Gasteiger partial charge in [-0.1, -0.05) is 30.4 Å². The number of rotatable bonds is 6. The lowest BCUT2D eigenvalue weighted by molar-refractivity contribution is -0.121. The maximum atomic E-state index is 12.0. The zero-order valence-electron chi connectivity index (χ0n) is 12.5. The highest BCUT2D eigenvalue weighted by molar-refractivity contribution is 7.17. The second-order valence-corrected chi connectivity index (χ2v) is 6.76. The number of aryl methyl sites for hydroxylation is 1. The van der Waals surface area contributed by atoms with Crippen LogP contribution in [0.4, 0.5) is 0 Å². The van der Waals surface area contributed by atoms with E-state index < -0.39 is 0 Å². The van der Waals surface area contributed by atoms with E-state index in [2.05, 4.69) is 35.0 Å². The summed E-state index contributed by atoms with van der Waals surface area (Å²) in [6.45, 7) is 0.161. The smallest absolute Gasteiger partial charge is 0.220 e. The average molecular weight is 315 g/mol. The van der Waals surface area contributed by atoms with E-state index >= 15 is 0 Å². The van der Waals surface area contributed by atoms with Gasteiger partial charge in [-0.05, 0) is 41.7 Å². The molecule has 0 saturated heterocycles. The fourth-order valence-electron chi connectivity index (χ4n) is 2.96. The van der Waals surface area contributed by atoms with Crippen LogP contribution in [0.1, 0.15) is 24.8 Å². The van der Waals surface area contributed by atoms with Crippen molar-refractivity contribution in [3.8, 4) is 0 Å². The first kappa shape index (κ1) is 15.3. The predicted molar refractivity (Wildman–Crippen MR) is 91.0 cm³/mol. The van der Waals surface area contributed by atoms with Crippen LogP contribution in [-0.4, -0.2) is 23.7 Å². The molecule has 4 heteroatoms. The number of amides is 1. The van der Waals surface area contributed by atoms with Gasteiger partial charge in [0, 0.05) is 29.7 Å². The maximum Gasteiger partial charge on any atom is 0.220 e. The van der Waals surface area contributed by atoms with Gasteiger partial charge in [0.15, 0.2) is 0 Å². The second-order valence-electron chi connectivity index (χ2n) is 5.85. The number of hydrogen-bond donors (Lipinski definition) is 2. The van der Waals surface area contributed by atoms with Crippen LogP contribution in [0.2, 0.25) is 0 Å². The molecular weight excluding hydrogens is 294 g/mol. The molecule has 0 aliphatic heterocycles. The average Bonchev–Trinajstić information content (AvgIpc) is 3.14. The van der Waals surface area contributed by atoms with Crippen molar-refractivity contribution in [2.75, 3.05) is 6.61 Å². The third-order valence-electron chi connectivity index (χ3n) is 4.16. The zero-order chi connectivity index (χ0) is 15.4. The molecule has 0 spiro atoms. The molecule has 116 valence electrons. The number of carbonyl (C=O) groups is 1. The Morgan fingerprint density at radius 2 is 2.18 bits per heavy atom. The van der Waals surface area contributed by atoms with E-state index in [9.17, 15) is 4.79 Å². The first-order valence-electron chi connectivity index (χ1n) is 7.80. The number of fused-ring (bicyclic) bond motifs is 1. The molecule has 0 saturated carbocycles. The Morgan fingerprint density at radius 1 is 1.32 bits per heavy atom. The molecule has 1 aromatic carbocycles. The van der Waals surface area contributed by atoms with Crippen molar-refractivity contribution in [2.24, 2.45) is 5.92 Å². The summed E-state index contributed by atoms with van der Waals surface area (Å²) in [7, 11) is 0. The van der Waals surface area contributed by atoms with Gasteiger partial charge in [0.2, 0.25) is 5.91 Å². The van der Waals surface area contributed by atoms with Crippen molar-refractivity contribution in [1.82, 2.24) is 5.32 Å².